The quantitative estimate of drug-likeness (QED) is 0.761. The number of hydrogen-bond donors (Lipinski definition) is 2. The molecule has 0 saturated heterocycles. The normalized spacial score (nSPS) is 10.3. The van der Waals surface area contributed by atoms with Gasteiger partial charge in [-0.3, -0.25) is 4.90 Å². The summed E-state index contributed by atoms with van der Waals surface area (Å²) in [5.41, 5.74) is 7.34. The minimum Gasteiger partial charge on any atom is -0.397 e. The molecule has 7 heteroatoms. The molecule has 2 aromatic rings. The van der Waals surface area contributed by atoms with Crippen molar-refractivity contribution >= 4 is 57.9 Å². The molecule has 0 aliphatic carbocycles. The molecule has 0 spiro atoms. The van der Waals surface area contributed by atoms with Gasteiger partial charge in [-0.25, -0.2) is 4.79 Å². The molecule has 0 unspecified atom stereocenters. The monoisotopic (exact) mass is 343 g/mol. The van der Waals surface area contributed by atoms with Crippen molar-refractivity contribution in [2.75, 3.05) is 23.0 Å². The number of anilines is 3. The van der Waals surface area contributed by atoms with Crippen LogP contribution in [0.3, 0.4) is 0 Å². The number of urea groups is 1. The zero-order valence-corrected chi connectivity index (χ0v) is 13.3. The number of carbonyl (C=O) groups is 1. The molecule has 0 radical (unpaired) electrons. The van der Waals surface area contributed by atoms with Crippen LogP contribution in [-0.2, 0) is 0 Å². The predicted molar refractivity (Wildman–Crippen MR) is 89.7 cm³/mol. The third-order valence-electron chi connectivity index (χ3n) is 2.83. The van der Waals surface area contributed by atoms with Gasteiger partial charge in [-0.05, 0) is 36.4 Å². The Kier molecular flexibility index (Phi) is 4.83. The second kappa shape index (κ2) is 6.43. The SMILES string of the molecule is CN(C(=O)Nc1ccc(Cl)c(Cl)c1)c1cc(Cl)ccc1N. The van der Waals surface area contributed by atoms with Crippen molar-refractivity contribution in [2.45, 2.75) is 0 Å². The Balaban J connectivity index is 2.19. The minimum atomic E-state index is -0.373. The van der Waals surface area contributed by atoms with Crippen LogP contribution in [-0.4, -0.2) is 13.1 Å². The van der Waals surface area contributed by atoms with E-state index in [0.717, 1.165) is 0 Å². The summed E-state index contributed by atoms with van der Waals surface area (Å²) in [6.45, 7) is 0. The van der Waals surface area contributed by atoms with Gasteiger partial charge in [-0.15, -0.1) is 0 Å². The second-order valence-corrected chi connectivity index (χ2v) is 5.57. The van der Waals surface area contributed by atoms with E-state index in [0.29, 0.717) is 32.1 Å². The Morgan fingerprint density at radius 2 is 1.81 bits per heavy atom. The van der Waals surface area contributed by atoms with Gasteiger partial charge < -0.3 is 11.1 Å². The van der Waals surface area contributed by atoms with Gasteiger partial charge in [-0.1, -0.05) is 34.8 Å². The summed E-state index contributed by atoms with van der Waals surface area (Å²) in [7, 11) is 1.59. The maximum absolute atomic E-state index is 12.2. The molecular weight excluding hydrogens is 333 g/mol. The van der Waals surface area contributed by atoms with Crippen molar-refractivity contribution < 1.29 is 4.79 Å². The molecule has 2 amide bonds. The van der Waals surface area contributed by atoms with Crippen molar-refractivity contribution in [3.63, 3.8) is 0 Å². The molecule has 2 aromatic carbocycles. The van der Waals surface area contributed by atoms with Crippen molar-refractivity contribution in [1.82, 2.24) is 0 Å². The van der Waals surface area contributed by atoms with Crippen LogP contribution in [0, 0.1) is 0 Å². The third-order valence-corrected chi connectivity index (χ3v) is 3.80. The smallest absolute Gasteiger partial charge is 0.326 e. The molecule has 0 bridgehead atoms. The van der Waals surface area contributed by atoms with E-state index < -0.39 is 0 Å². The van der Waals surface area contributed by atoms with E-state index in [4.69, 9.17) is 40.5 Å². The fourth-order valence-corrected chi connectivity index (χ4v) is 2.16. The number of rotatable bonds is 2. The van der Waals surface area contributed by atoms with Gasteiger partial charge in [0.25, 0.3) is 0 Å². The maximum Gasteiger partial charge on any atom is 0.326 e. The molecular formula is C14H12Cl3N3O. The summed E-state index contributed by atoms with van der Waals surface area (Å²) in [5, 5.41) is 3.97. The fourth-order valence-electron chi connectivity index (χ4n) is 1.70. The van der Waals surface area contributed by atoms with Crippen molar-refractivity contribution in [1.29, 1.82) is 0 Å². The van der Waals surface area contributed by atoms with Gasteiger partial charge in [0.15, 0.2) is 0 Å². The van der Waals surface area contributed by atoms with Gasteiger partial charge in [0, 0.05) is 17.8 Å². The first kappa shape index (κ1) is 15.8. The van der Waals surface area contributed by atoms with Crippen LogP contribution in [0.25, 0.3) is 0 Å². The molecule has 2 rings (SSSR count). The van der Waals surface area contributed by atoms with Crippen molar-refractivity contribution in [3.05, 3.63) is 51.5 Å². The van der Waals surface area contributed by atoms with E-state index in [1.807, 2.05) is 0 Å². The second-order valence-electron chi connectivity index (χ2n) is 4.32. The summed E-state index contributed by atoms with van der Waals surface area (Å²) < 4.78 is 0. The topological polar surface area (TPSA) is 58.4 Å². The first-order valence-electron chi connectivity index (χ1n) is 5.93. The van der Waals surface area contributed by atoms with Gasteiger partial charge >= 0.3 is 6.03 Å². The van der Waals surface area contributed by atoms with Crippen LogP contribution in [0.15, 0.2) is 36.4 Å². The highest BCUT2D eigenvalue weighted by molar-refractivity contribution is 6.42. The number of nitrogens with one attached hydrogen (secondary N) is 1. The summed E-state index contributed by atoms with van der Waals surface area (Å²) in [5.74, 6) is 0. The van der Waals surface area contributed by atoms with Gasteiger partial charge in [0.2, 0.25) is 0 Å². The molecule has 0 heterocycles. The van der Waals surface area contributed by atoms with Gasteiger partial charge in [-0.2, -0.15) is 0 Å². The first-order chi connectivity index (χ1) is 9.88. The Hall–Kier alpha value is -1.62. The first-order valence-corrected chi connectivity index (χ1v) is 7.06. The third kappa shape index (κ3) is 3.73. The van der Waals surface area contributed by atoms with Crippen LogP contribution in [0.1, 0.15) is 0 Å². The molecule has 4 nitrogen and oxygen atoms in total. The van der Waals surface area contributed by atoms with E-state index >= 15 is 0 Å². The number of halogens is 3. The predicted octanol–water partition coefficient (Wildman–Crippen LogP) is 4.90. The van der Waals surface area contributed by atoms with Crippen LogP contribution in [0.4, 0.5) is 21.9 Å². The van der Waals surface area contributed by atoms with E-state index in [2.05, 4.69) is 5.32 Å². The minimum absolute atomic E-state index is 0.361. The highest BCUT2D eigenvalue weighted by atomic mass is 35.5. The van der Waals surface area contributed by atoms with Crippen LogP contribution >= 0.6 is 34.8 Å². The number of nitrogens with zero attached hydrogens (tertiary/aromatic N) is 1. The lowest BCUT2D eigenvalue weighted by Gasteiger charge is -2.20. The molecule has 110 valence electrons. The zero-order valence-electron chi connectivity index (χ0n) is 11.0. The number of amides is 2. The number of carbonyl (C=O) groups excluding carboxylic acids is 1. The summed E-state index contributed by atoms with van der Waals surface area (Å²) in [6.07, 6.45) is 0. The lowest BCUT2D eigenvalue weighted by Crippen LogP contribution is -2.31. The summed E-state index contributed by atoms with van der Waals surface area (Å²) in [4.78, 5) is 13.6. The number of nitrogen functional groups attached to an aromatic ring is 1. The zero-order chi connectivity index (χ0) is 15.6. The largest absolute Gasteiger partial charge is 0.397 e. The van der Waals surface area contributed by atoms with Gasteiger partial charge in [0.1, 0.15) is 0 Å². The fraction of sp³-hybridized carbons (Fsp3) is 0.0714. The van der Waals surface area contributed by atoms with Crippen LogP contribution in [0.5, 0.6) is 0 Å². The maximum atomic E-state index is 12.2. The van der Waals surface area contributed by atoms with E-state index in [-0.39, 0.29) is 6.03 Å². The lowest BCUT2D eigenvalue weighted by atomic mass is 10.2. The molecule has 0 saturated carbocycles. The average Bonchev–Trinajstić information content (AvgIpc) is 2.44. The molecule has 3 N–H and O–H groups in total. The molecule has 0 aromatic heterocycles. The van der Waals surface area contributed by atoms with Gasteiger partial charge in [0.05, 0.1) is 21.4 Å². The highest BCUT2D eigenvalue weighted by Crippen LogP contribution is 2.28. The molecule has 0 fully saturated rings. The Bertz CT molecular complexity index is 691. The van der Waals surface area contributed by atoms with Crippen LogP contribution < -0.4 is 16.0 Å². The summed E-state index contributed by atoms with van der Waals surface area (Å²) >= 11 is 17.7. The molecule has 21 heavy (non-hydrogen) atoms. The highest BCUT2D eigenvalue weighted by Gasteiger charge is 2.14. The van der Waals surface area contributed by atoms with E-state index in [1.165, 1.54) is 4.90 Å². The van der Waals surface area contributed by atoms with E-state index in [1.54, 1.807) is 43.4 Å². The Labute approximate surface area is 137 Å². The molecule has 0 atom stereocenters. The average molecular weight is 345 g/mol. The number of benzene rings is 2. The Morgan fingerprint density at radius 1 is 1.10 bits per heavy atom. The number of nitrogens with two attached hydrogens (primary N) is 1. The van der Waals surface area contributed by atoms with Crippen molar-refractivity contribution in [3.8, 4) is 0 Å². The standard InChI is InChI=1S/C14H12Cl3N3O/c1-20(13-6-8(15)2-5-12(13)18)14(21)19-9-3-4-10(16)11(17)7-9/h2-7H,18H2,1H3,(H,19,21). The van der Waals surface area contributed by atoms with Crippen LogP contribution in [0.2, 0.25) is 15.1 Å². The van der Waals surface area contributed by atoms with Crippen molar-refractivity contribution in [2.24, 2.45) is 0 Å². The molecule has 0 aliphatic rings. The van der Waals surface area contributed by atoms with E-state index in [9.17, 15) is 4.79 Å². The lowest BCUT2D eigenvalue weighted by molar-refractivity contribution is 0.258. The summed E-state index contributed by atoms with van der Waals surface area (Å²) in [6, 6.07) is 9.37. The number of hydrogen-bond acceptors (Lipinski definition) is 2. The molecule has 0 aliphatic heterocycles. The Morgan fingerprint density at radius 3 is 2.48 bits per heavy atom.